The Kier molecular flexibility index (Phi) is 4.51. The van der Waals surface area contributed by atoms with Crippen molar-refractivity contribution in [3.8, 4) is 5.75 Å². The van der Waals surface area contributed by atoms with E-state index in [1.807, 2.05) is 41.3 Å². The number of nitrogens with one attached hydrogen (secondary N) is 1. The van der Waals surface area contributed by atoms with E-state index in [-0.39, 0.29) is 12.1 Å². The maximum Gasteiger partial charge on any atom is 0.322 e. The first-order chi connectivity index (χ1) is 11.2. The van der Waals surface area contributed by atoms with Crippen LogP contribution in [0.5, 0.6) is 5.75 Å². The molecule has 1 aliphatic heterocycles. The molecule has 0 aliphatic carbocycles. The first-order valence-electron chi connectivity index (χ1n) is 7.97. The summed E-state index contributed by atoms with van der Waals surface area (Å²) < 4.78 is 5.31. The van der Waals surface area contributed by atoms with Crippen molar-refractivity contribution in [1.82, 2.24) is 4.90 Å². The van der Waals surface area contributed by atoms with E-state index in [0.29, 0.717) is 11.4 Å². The first kappa shape index (κ1) is 15.4. The smallest absolute Gasteiger partial charge is 0.322 e. The Bertz CT molecular complexity index is 699. The monoisotopic (exact) mass is 310 g/mol. The van der Waals surface area contributed by atoms with E-state index < -0.39 is 0 Å². The topological polar surface area (TPSA) is 41.6 Å². The van der Waals surface area contributed by atoms with Crippen molar-refractivity contribution in [3.05, 3.63) is 59.7 Å². The zero-order chi connectivity index (χ0) is 16.2. The van der Waals surface area contributed by atoms with Gasteiger partial charge in [-0.25, -0.2) is 4.79 Å². The van der Waals surface area contributed by atoms with Gasteiger partial charge in [0.2, 0.25) is 0 Å². The molecule has 3 rings (SSSR count). The Morgan fingerprint density at radius 2 is 1.91 bits per heavy atom. The summed E-state index contributed by atoms with van der Waals surface area (Å²) in [6.45, 7) is 2.88. The van der Waals surface area contributed by atoms with Gasteiger partial charge in [0.15, 0.2) is 0 Å². The van der Waals surface area contributed by atoms with E-state index in [9.17, 15) is 4.79 Å². The normalized spacial score (nSPS) is 17.1. The van der Waals surface area contributed by atoms with Gasteiger partial charge in [-0.1, -0.05) is 36.4 Å². The number of amides is 2. The van der Waals surface area contributed by atoms with Crippen LogP contribution in [0.15, 0.2) is 48.5 Å². The van der Waals surface area contributed by atoms with Gasteiger partial charge >= 0.3 is 6.03 Å². The Labute approximate surface area is 137 Å². The first-order valence-corrected chi connectivity index (χ1v) is 7.97. The number of urea groups is 1. The van der Waals surface area contributed by atoms with Crippen LogP contribution in [0.2, 0.25) is 0 Å². The van der Waals surface area contributed by atoms with Gasteiger partial charge in [0.1, 0.15) is 5.75 Å². The number of rotatable bonds is 3. The SMILES string of the molecule is COc1ccccc1NC(=O)N1CCC[C@@H]1c1ccccc1C. The van der Waals surface area contributed by atoms with Crippen molar-refractivity contribution in [2.24, 2.45) is 0 Å². The second-order valence-electron chi connectivity index (χ2n) is 5.84. The van der Waals surface area contributed by atoms with Gasteiger partial charge < -0.3 is 15.0 Å². The number of methoxy groups -OCH3 is 1. The maximum absolute atomic E-state index is 12.7. The number of ether oxygens (including phenoxy) is 1. The minimum absolute atomic E-state index is 0.0692. The summed E-state index contributed by atoms with van der Waals surface area (Å²) in [5.41, 5.74) is 3.17. The van der Waals surface area contributed by atoms with Crippen LogP contribution in [0.1, 0.15) is 30.0 Å². The number of carbonyl (C=O) groups is 1. The molecule has 120 valence electrons. The fraction of sp³-hybridized carbons (Fsp3) is 0.316. The molecule has 4 heteroatoms. The molecule has 0 bridgehead atoms. The molecule has 1 saturated heterocycles. The summed E-state index contributed by atoms with van der Waals surface area (Å²) in [4.78, 5) is 14.7. The molecule has 2 aromatic carbocycles. The molecule has 1 N–H and O–H groups in total. The number of likely N-dealkylation sites (tertiary alicyclic amines) is 1. The summed E-state index contributed by atoms with van der Waals surface area (Å²) in [7, 11) is 1.61. The van der Waals surface area contributed by atoms with Crippen molar-refractivity contribution in [2.75, 3.05) is 19.0 Å². The van der Waals surface area contributed by atoms with Crippen molar-refractivity contribution in [2.45, 2.75) is 25.8 Å². The molecule has 0 aromatic heterocycles. The Balaban J connectivity index is 1.80. The van der Waals surface area contributed by atoms with Crippen molar-refractivity contribution >= 4 is 11.7 Å². The van der Waals surface area contributed by atoms with Crippen LogP contribution in [-0.2, 0) is 0 Å². The third-order valence-electron chi connectivity index (χ3n) is 4.41. The molecule has 4 nitrogen and oxygen atoms in total. The lowest BCUT2D eigenvalue weighted by Gasteiger charge is -2.26. The summed E-state index contributed by atoms with van der Waals surface area (Å²) in [6, 6.07) is 15.9. The number of anilines is 1. The van der Waals surface area contributed by atoms with E-state index in [4.69, 9.17) is 4.74 Å². The minimum atomic E-state index is -0.0692. The van der Waals surface area contributed by atoms with Gasteiger partial charge in [0.25, 0.3) is 0 Å². The number of carbonyl (C=O) groups excluding carboxylic acids is 1. The molecule has 0 spiro atoms. The molecule has 0 radical (unpaired) electrons. The standard InChI is InChI=1S/C19H22N2O2/c1-14-8-3-4-9-15(14)17-11-7-13-21(17)19(22)20-16-10-5-6-12-18(16)23-2/h3-6,8-10,12,17H,7,11,13H2,1-2H3,(H,20,22)/t17-/m1/s1. The molecule has 1 atom stereocenters. The second-order valence-corrected chi connectivity index (χ2v) is 5.84. The average molecular weight is 310 g/mol. The Hall–Kier alpha value is -2.49. The highest BCUT2D eigenvalue weighted by molar-refractivity contribution is 5.91. The third-order valence-corrected chi connectivity index (χ3v) is 4.41. The molecule has 2 aromatic rings. The molecule has 23 heavy (non-hydrogen) atoms. The second kappa shape index (κ2) is 6.73. The highest BCUT2D eigenvalue weighted by Crippen LogP contribution is 2.34. The Morgan fingerprint density at radius 3 is 2.70 bits per heavy atom. The summed E-state index contributed by atoms with van der Waals surface area (Å²) in [6.07, 6.45) is 2.03. The number of hydrogen-bond donors (Lipinski definition) is 1. The van der Waals surface area contributed by atoms with Crippen molar-refractivity contribution in [3.63, 3.8) is 0 Å². The quantitative estimate of drug-likeness (QED) is 0.914. The highest BCUT2D eigenvalue weighted by Gasteiger charge is 2.31. The van der Waals surface area contributed by atoms with E-state index in [0.717, 1.165) is 19.4 Å². The zero-order valence-electron chi connectivity index (χ0n) is 13.6. The molecular weight excluding hydrogens is 288 g/mol. The number of para-hydroxylation sites is 2. The summed E-state index contributed by atoms with van der Waals surface area (Å²) in [5, 5.41) is 2.98. The van der Waals surface area contributed by atoms with Gasteiger partial charge in [-0.2, -0.15) is 0 Å². The van der Waals surface area contributed by atoms with Crippen molar-refractivity contribution < 1.29 is 9.53 Å². The van der Waals surface area contributed by atoms with Crippen LogP contribution in [0.4, 0.5) is 10.5 Å². The van der Waals surface area contributed by atoms with Crippen LogP contribution in [0.25, 0.3) is 0 Å². The number of hydrogen-bond acceptors (Lipinski definition) is 2. The third kappa shape index (κ3) is 3.16. The van der Waals surface area contributed by atoms with Crippen LogP contribution in [0, 0.1) is 6.92 Å². The largest absolute Gasteiger partial charge is 0.495 e. The van der Waals surface area contributed by atoms with Gasteiger partial charge in [-0.3, -0.25) is 0 Å². The molecule has 1 aliphatic rings. The van der Waals surface area contributed by atoms with Crippen molar-refractivity contribution in [1.29, 1.82) is 0 Å². The van der Waals surface area contributed by atoms with E-state index in [1.165, 1.54) is 11.1 Å². The number of benzene rings is 2. The summed E-state index contributed by atoms with van der Waals surface area (Å²) >= 11 is 0. The van der Waals surface area contributed by atoms with Crippen LogP contribution in [-0.4, -0.2) is 24.6 Å². The Morgan fingerprint density at radius 1 is 1.17 bits per heavy atom. The zero-order valence-corrected chi connectivity index (χ0v) is 13.6. The minimum Gasteiger partial charge on any atom is -0.495 e. The molecule has 0 saturated carbocycles. The predicted molar refractivity (Wildman–Crippen MR) is 91.9 cm³/mol. The fourth-order valence-corrected chi connectivity index (χ4v) is 3.23. The van der Waals surface area contributed by atoms with Crippen LogP contribution < -0.4 is 10.1 Å². The highest BCUT2D eigenvalue weighted by atomic mass is 16.5. The fourth-order valence-electron chi connectivity index (χ4n) is 3.23. The van der Waals surface area contributed by atoms with Crippen LogP contribution in [0.3, 0.4) is 0 Å². The van der Waals surface area contributed by atoms with E-state index in [2.05, 4.69) is 24.4 Å². The predicted octanol–water partition coefficient (Wildman–Crippen LogP) is 4.37. The lowest BCUT2D eigenvalue weighted by Crippen LogP contribution is -2.34. The molecule has 1 heterocycles. The van der Waals surface area contributed by atoms with Gasteiger partial charge in [-0.15, -0.1) is 0 Å². The summed E-state index contributed by atoms with van der Waals surface area (Å²) in [5.74, 6) is 0.674. The van der Waals surface area contributed by atoms with Gasteiger partial charge in [0, 0.05) is 6.54 Å². The lowest BCUT2D eigenvalue weighted by atomic mass is 9.99. The van der Waals surface area contributed by atoms with Crippen LogP contribution >= 0.6 is 0 Å². The number of nitrogens with zero attached hydrogens (tertiary/aromatic N) is 1. The molecule has 1 fully saturated rings. The van der Waals surface area contributed by atoms with E-state index >= 15 is 0 Å². The van der Waals surface area contributed by atoms with Gasteiger partial charge in [0.05, 0.1) is 18.8 Å². The molecule has 2 amide bonds. The molecule has 0 unspecified atom stereocenters. The van der Waals surface area contributed by atoms with E-state index in [1.54, 1.807) is 7.11 Å². The molecular formula is C19H22N2O2. The van der Waals surface area contributed by atoms with Gasteiger partial charge in [-0.05, 0) is 43.0 Å². The average Bonchev–Trinajstić information content (AvgIpc) is 3.05. The maximum atomic E-state index is 12.7. The number of aryl methyl sites for hydroxylation is 1. The lowest BCUT2D eigenvalue weighted by molar-refractivity contribution is 0.207.